The van der Waals surface area contributed by atoms with Gasteiger partial charge in [0.2, 0.25) is 5.91 Å². The Morgan fingerprint density at radius 2 is 2.27 bits per heavy atom. The Labute approximate surface area is 129 Å². The van der Waals surface area contributed by atoms with Crippen molar-refractivity contribution in [1.82, 2.24) is 10.6 Å². The molecule has 0 spiro atoms. The highest BCUT2D eigenvalue weighted by atomic mass is 16.5. The molecule has 1 heterocycles. The first-order chi connectivity index (χ1) is 10.7. The van der Waals surface area contributed by atoms with Crippen LogP contribution in [0.3, 0.4) is 0 Å². The first-order valence-corrected chi connectivity index (χ1v) is 7.27. The largest absolute Gasteiger partial charge is 0.491 e. The highest BCUT2D eigenvalue weighted by Gasteiger charge is 2.16. The van der Waals surface area contributed by atoms with Gasteiger partial charge in [-0.3, -0.25) is 10.1 Å². The molecule has 1 unspecified atom stereocenters. The van der Waals surface area contributed by atoms with Crippen LogP contribution >= 0.6 is 0 Å². The highest BCUT2D eigenvalue weighted by Crippen LogP contribution is 2.19. The fraction of sp³-hybridized carbons (Fsp3) is 0.467. The Bertz CT molecular complexity index is 515. The summed E-state index contributed by atoms with van der Waals surface area (Å²) in [5.74, 6) is 0.303. The number of carbonyl (C=O) groups is 2. The van der Waals surface area contributed by atoms with Crippen molar-refractivity contribution in [3.63, 3.8) is 0 Å². The molecule has 1 aromatic carbocycles. The maximum atomic E-state index is 11.5. The van der Waals surface area contributed by atoms with E-state index in [1.807, 2.05) is 24.3 Å². The van der Waals surface area contributed by atoms with Crippen LogP contribution in [0.5, 0.6) is 5.75 Å². The molecule has 0 aliphatic carbocycles. The summed E-state index contributed by atoms with van der Waals surface area (Å²) in [4.78, 5) is 22.5. The fourth-order valence-corrected chi connectivity index (χ4v) is 2.08. The standard InChI is InChI=1S/C15H21N3O4/c1-16-15(20)18-14(19)9-17-11-4-2-5-12(8-11)22-10-13-6-3-7-21-13/h2,4-5,8,13,17H,3,6-7,9-10H2,1H3,(H2,16,18,19,20). The summed E-state index contributed by atoms with van der Waals surface area (Å²) in [7, 11) is 1.45. The van der Waals surface area contributed by atoms with E-state index in [-0.39, 0.29) is 12.6 Å². The monoisotopic (exact) mass is 307 g/mol. The van der Waals surface area contributed by atoms with Crippen molar-refractivity contribution >= 4 is 17.6 Å². The number of ether oxygens (including phenoxy) is 2. The van der Waals surface area contributed by atoms with E-state index in [4.69, 9.17) is 9.47 Å². The molecule has 1 aromatic rings. The van der Waals surface area contributed by atoms with E-state index in [9.17, 15) is 9.59 Å². The van der Waals surface area contributed by atoms with Crippen molar-refractivity contribution in [2.75, 3.05) is 32.1 Å². The van der Waals surface area contributed by atoms with Gasteiger partial charge in [-0.05, 0) is 25.0 Å². The van der Waals surface area contributed by atoms with Gasteiger partial charge >= 0.3 is 6.03 Å². The molecule has 1 aliphatic rings. The Morgan fingerprint density at radius 1 is 1.41 bits per heavy atom. The average molecular weight is 307 g/mol. The minimum atomic E-state index is -0.527. The van der Waals surface area contributed by atoms with Crippen molar-refractivity contribution in [2.24, 2.45) is 0 Å². The zero-order valence-electron chi connectivity index (χ0n) is 12.6. The molecule has 3 amide bonds. The zero-order valence-corrected chi connectivity index (χ0v) is 12.6. The zero-order chi connectivity index (χ0) is 15.8. The summed E-state index contributed by atoms with van der Waals surface area (Å²) in [6.07, 6.45) is 2.27. The number of nitrogens with one attached hydrogen (secondary N) is 3. The molecule has 22 heavy (non-hydrogen) atoms. The number of benzene rings is 1. The molecule has 3 N–H and O–H groups in total. The number of imide groups is 1. The first-order valence-electron chi connectivity index (χ1n) is 7.27. The van der Waals surface area contributed by atoms with Crippen LogP contribution in [0.1, 0.15) is 12.8 Å². The lowest BCUT2D eigenvalue weighted by Crippen LogP contribution is -2.40. The van der Waals surface area contributed by atoms with Gasteiger partial charge in [-0.1, -0.05) is 6.07 Å². The average Bonchev–Trinajstić information content (AvgIpc) is 3.05. The van der Waals surface area contributed by atoms with Crippen LogP contribution in [0, 0.1) is 0 Å². The van der Waals surface area contributed by atoms with E-state index in [2.05, 4.69) is 16.0 Å². The summed E-state index contributed by atoms with van der Waals surface area (Å²) in [6.45, 7) is 1.33. The number of carbonyl (C=O) groups excluding carboxylic acids is 2. The van der Waals surface area contributed by atoms with Crippen LogP contribution in [0.2, 0.25) is 0 Å². The van der Waals surface area contributed by atoms with Crippen LogP contribution in [-0.2, 0) is 9.53 Å². The van der Waals surface area contributed by atoms with Crippen molar-refractivity contribution in [3.05, 3.63) is 24.3 Å². The number of amides is 3. The number of rotatable bonds is 6. The third kappa shape index (κ3) is 5.25. The minimum absolute atomic E-state index is 0.00259. The molecule has 1 saturated heterocycles. The summed E-state index contributed by atoms with van der Waals surface area (Å²) >= 11 is 0. The van der Waals surface area contributed by atoms with Crippen molar-refractivity contribution in [1.29, 1.82) is 0 Å². The van der Waals surface area contributed by atoms with E-state index >= 15 is 0 Å². The third-order valence-electron chi connectivity index (χ3n) is 3.23. The Balaban J connectivity index is 1.77. The van der Waals surface area contributed by atoms with Crippen molar-refractivity contribution in [2.45, 2.75) is 18.9 Å². The lowest BCUT2D eigenvalue weighted by molar-refractivity contribution is -0.118. The van der Waals surface area contributed by atoms with Crippen LogP contribution in [-0.4, -0.2) is 44.8 Å². The SMILES string of the molecule is CNC(=O)NC(=O)CNc1cccc(OCC2CCCO2)c1. The second-order valence-corrected chi connectivity index (χ2v) is 4.95. The molecule has 1 aliphatic heterocycles. The summed E-state index contributed by atoms with van der Waals surface area (Å²) in [5, 5.41) is 7.43. The molecule has 7 heteroatoms. The number of anilines is 1. The summed E-state index contributed by atoms with van der Waals surface area (Å²) in [5.41, 5.74) is 0.747. The van der Waals surface area contributed by atoms with Gasteiger partial charge in [0.05, 0.1) is 12.6 Å². The smallest absolute Gasteiger partial charge is 0.321 e. The van der Waals surface area contributed by atoms with E-state index in [1.165, 1.54) is 7.05 Å². The number of hydrogen-bond donors (Lipinski definition) is 3. The maximum Gasteiger partial charge on any atom is 0.321 e. The Kier molecular flexibility index (Phi) is 6.02. The molecular weight excluding hydrogens is 286 g/mol. The van der Waals surface area contributed by atoms with Crippen molar-refractivity contribution < 1.29 is 19.1 Å². The predicted molar refractivity (Wildman–Crippen MR) is 82.0 cm³/mol. The predicted octanol–water partition coefficient (Wildman–Crippen LogP) is 1.11. The van der Waals surface area contributed by atoms with Gasteiger partial charge < -0.3 is 20.1 Å². The molecule has 2 rings (SSSR count). The fourth-order valence-electron chi connectivity index (χ4n) is 2.08. The molecule has 1 atom stereocenters. The molecule has 120 valence electrons. The maximum absolute atomic E-state index is 11.5. The lowest BCUT2D eigenvalue weighted by atomic mass is 10.2. The number of urea groups is 1. The molecule has 7 nitrogen and oxygen atoms in total. The summed E-state index contributed by atoms with van der Waals surface area (Å²) in [6, 6.07) is 6.79. The highest BCUT2D eigenvalue weighted by molar-refractivity contribution is 5.96. The van der Waals surface area contributed by atoms with E-state index in [0.717, 1.165) is 25.1 Å². The molecule has 0 aromatic heterocycles. The van der Waals surface area contributed by atoms with Crippen molar-refractivity contribution in [3.8, 4) is 5.75 Å². The molecule has 0 bridgehead atoms. The van der Waals surface area contributed by atoms with Gasteiger partial charge in [0.15, 0.2) is 0 Å². The van der Waals surface area contributed by atoms with Gasteiger partial charge in [0.1, 0.15) is 12.4 Å². The second-order valence-electron chi connectivity index (χ2n) is 4.95. The first kappa shape index (κ1) is 16.1. The van der Waals surface area contributed by atoms with Crippen LogP contribution in [0.15, 0.2) is 24.3 Å². The molecular formula is C15H21N3O4. The topological polar surface area (TPSA) is 88.7 Å². The second kappa shape index (κ2) is 8.23. The van der Waals surface area contributed by atoms with Gasteiger partial charge in [0.25, 0.3) is 0 Å². The Morgan fingerprint density at radius 3 is 3.00 bits per heavy atom. The van der Waals surface area contributed by atoms with Gasteiger partial charge in [-0.25, -0.2) is 4.79 Å². The van der Waals surface area contributed by atoms with E-state index < -0.39 is 11.9 Å². The summed E-state index contributed by atoms with van der Waals surface area (Å²) < 4.78 is 11.2. The molecule has 0 radical (unpaired) electrons. The quantitative estimate of drug-likeness (QED) is 0.733. The molecule has 1 fully saturated rings. The van der Waals surface area contributed by atoms with E-state index in [0.29, 0.717) is 12.4 Å². The normalized spacial score (nSPS) is 16.9. The Hall–Kier alpha value is -2.28. The number of hydrogen-bond acceptors (Lipinski definition) is 5. The third-order valence-corrected chi connectivity index (χ3v) is 3.23. The van der Waals surface area contributed by atoms with Gasteiger partial charge in [0, 0.05) is 25.4 Å². The van der Waals surface area contributed by atoms with Crippen LogP contribution in [0.25, 0.3) is 0 Å². The van der Waals surface area contributed by atoms with Crippen LogP contribution < -0.4 is 20.7 Å². The van der Waals surface area contributed by atoms with Gasteiger partial charge in [-0.15, -0.1) is 0 Å². The van der Waals surface area contributed by atoms with Crippen LogP contribution in [0.4, 0.5) is 10.5 Å². The van der Waals surface area contributed by atoms with Gasteiger partial charge in [-0.2, -0.15) is 0 Å². The lowest BCUT2D eigenvalue weighted by Gasteiger charge is -2.13. The minimum Gasteiger partial charge on any atom is -0.491 e. The van der Waals surface area contributed by atoms with E-state index in [1.54, 1.807) is 0 Å². The molecule has 0 saturated carbocycles.